The summed E-state index contributed by atoms with van der Waals surface area (Å²) >= 11 is 0. The molecule has 0 spiro atoms. The van der Waals surface area contributed by atoms with Crippen molar-refractivity contribution >= 4 is 23.8 Å². The first-order valence-electron chi connectivity index (χ1n) is 18.7. The monoisotopic (exact) mass is 780 g/mol. The summed E-state index contributed by atoms with van der Waals surface area (Å²) in [5.74, 6) is -3.27. The quantitative estimate of drug-likeness (QED) is 0.0958. The average molecular weight is 781 g/mol. The number of halogens is 1. The number of amides is 2. The Bertz CT molecular complexity index is 2350. The fourth-order valence-corrected chi connectivity index (χ4v) is 6.57. The zero-order chi connectivity index (χ0) is 41.9. The number of carbonyl (C=O) groups is 4. The summed E-state index contributed by atoms with van der Waals surface area (Å²) in [5.41, 5.74) is 9.58. The minimum atomic E-state index is -1.02. The smallest absolute Gasteiger partial charge is 0.305 e. The van der Waals surface area contributed by atoms with Crippen LogP contribution in [0.25, 0.3) is 22.5 Å². The summed E-state index contributed by atoms with van der Waals surface area (Å²) in [6.07, 6.45) is -0.452. The molecule has 0 bridgehead atoms. The van der Waals surface area contributed by atoms with Crippen LogP contribution >= 0.6 is 0 Å². The number of hydrogen-bond donors (Lipinski definition) is 4. The van der Waals surface area contributed by atoms with Crippen LogP contribution < -0.4 is 10.6 Å². The van der Waals surface area contributed by atoms with E-state index < -0.39 is 35.8 Å². The minimum Gasteiger partial charge on any atom is -0.481 e. The van der Waals surface area contributed by atoms with Gasteiger partial charge in [-0.25, -0.2) is 14.4 Å². The van der Waals surface area contributed by atoms with Gasteiger partial charge in [0.05, 0.1) is 36.3 Å². The number of rotatable bonds is 12. The second kappa shape index (κ2) is 19.2. The van der Waals surface area contributed by atoms with E-state index >= 15 is 0 Å². The normalized spacial score (nSPS) is 11.7. The number of nitrogens with one attached hydrogen (secondary N) is 2. The zero-order valence-corrected chi connectivity index (χ0v) is 32.9. The molecule has 2 aromatic heterocycles. The van der Waals surface area contributed by atoms with Crippen LogP contribution in [0.1, 0.15) is 84.8 Å². The standard InChI is InChI=1S/C24H24N2O3.C23H21FN2O3/c1-15-9-6-11-19(17(15)3)20-12-7-13-21(25-20)24(29)26-22(14-23(27)28)18-10-5-4-8-16(18)2;1-14-6-3-4-7-17(14)21(13-22(27)28)26-23(29)20-9-5-8-19(25-20)18-12-16(24)11-10-15(18)2/h4-13,22H,14H2,1-3H3,(H,26,29)(H,27,28);3-12,21H,13H2,1-2H3,(H,26,29)(H,27,28)/t22-;21-/m00/s1. The van der Waals surface area contributed by atoms with Crippen molar-refractivity contribution in [3.05, 3.63) is 177 Å². The van der Waals surface area contributed by atoms with Gasteiger partial charge >= 0.3 is 11.9 Å². The van der Waals surface area contributed by atoms with E-state index in [0.29, 0.717) is 17.0 Å². The van der Waals surface area contributed by atoms with Crippen LogP contribution in [-0.2, 0) is 9.59 Å². The largest absolute Gasteiger partial charge is 0.481 e. The van der Waals surface area contributed by atoms with Crippen molar-refractivity contribution in [3.63, 3.8) is 0 Å². The lowest BCUT2D eigenvalue weighted by Crippen LogP contribution is -2.31. The molecule has 4 aromatic carbocycles. The van der Waals surface area contributed by atoms with Gasteiger partial charge in [0.15, 0.2) is 0 Å². The highest BCUT2D eigenvalue weighted by Gasteiger charge is 2.23. The molecular formula is C47H45FN4O6. The molecule has 0 aliphatic rings. The summed E-state index contributed by atoms with van der Waals surface area (Å²) in [6, 6.07) is 34.0. The number of hydrogen-bond acceptors (Lipinski definition) is 6. The first-order valence-corrected chi connectivity index (χ1v) is 18.7. The van der Waals surface area contributed by atoms with Gasteiger partial charge in [-0.15, -0.1) is 0 Å². The van der Waals surface area contributed by atoms with E-state index in [9.17, 15) is 33.8 Å². The third-order valence-electron chi connectivity index (χ3n) is 9.82. The molecular weight excluding hydrogens is 736 g/mol. The highest BCUT2D eigenvalue weighted by Crippen LogP contribution is 2.27. The van der Waals surface area contributed by atoms with Crippen LogP contribution in [0.5, 0.6) is 0 Å². The average Bonchev–Trinajstić information content (AvgIpc) is 3.19. The predicted octanol–water partition coefficient (Wildman–Crippen LogP) is 9.07. The molecule has 2 atom stereocenters. The molecule has 0 aliphatic heterocycles. The summed E-state index contributed by atoms with van der Waals surface area (Å²) < 4.78 is 13.6. The third kappa shape index (κ3) is 10.8. The number of carbonyl (C=O) groups excluding carboxylic acids is 2. The second-order valence-corrected chi connectivity index (χ2v) is 14.0. The summed E-state index contributed by atoms with van der Waals surface area (Å²) in [7, 11) is 0. The Morgan fingerprint density at radius 3 is 1.47 bits per heavy atom. The first-order chi connectivity index (χ1) is 27.7. The lowest BCUT2D eigenvalue weighted by Gasteiger charge is -2.19. The highest BCUT2D eigenvalue weighted by molar-refractivity contribution is 5.94. The number of carboxylic acid groups (broad SMARTS) is 2. The third-order valence-corrected chi connectivity index (χ3v) is 9.82. The van der Waals surface area contributed by atoms with Crippen LogP contribution in [0.3, 0.4) is 0 Å². The van der Waals surface area contributed by atoms with Crippen LogP contribution in [0.4, 0.5) is 4.39 Å². The van der Waals surface area contributed by atoms with Crippen LogP contribution in [-0.4, -0.2) is 43.9 Å². The van der Waals surface area contributed by atoms with Gasteiger partial charge < -0.3 is 20.8 Å². The number of aliphatic carboxylic acids is 2. The summed E-state index contributed by atoms with van der Waals surface area (Å²) in [5, 5.41) is 24.2. The lowest BCUT2D eigenvalue weighted by molar-refractivity contribution is -0.138. The molecule has 2 heterocycles. The Morgan fingerprint density at radius 2 is 0.983 bits per heavy atom. The second-order valence-electron chi connectivity index (χ2n) is 14.0. The Morgan fingerprint density at radius 1 is 0.534 bits per heavy atom. The summed E-state index contributed by atoms with van der Waals surface area (Å²) in [6.45, 7) is 9.66. The zero-order valence-electron chi connectivity index (χ0n) is 32.9. The minimum absolute atomic E-state index is 0.134. The number of pyridine rings is 2. The predicted molar refractivity (Wildman–Crippen MR) is 221 cm³/mol. The summed E-state index contributed by atoms with van der Waals surface area (Å²) in [4.78, 5) is 57.3. The Balaban J connectivity index is 0.000000221. The van der Waals surface area contributed by atoms with Crippen molar-refractivity contribution in [2.45, 2.75) is 59.5 Å². The van der Waals surface area contributed by atoms with Gasteiger partial charge in [0.1, 0.15) is 17.2 Å². The molecule has 0 saturated carbocycles. The fraction of sp³-hybridized carbons (Fsp3) is 0.191. The van der Waals surface area contributed by atoms with E-state index in [0.717, 1.165) is 44.5 Å². The van der Waals surface area contributed by atoms with Gasteiger partial charge in [-0.3, -0.25) is 19.2 Å². The number of aryl methyl sites for hydroxylation is 4. The maximum atomic E-state index is 13.6. The molecule has 4 N–H and O–H groups in total. The Labute approximate surface area is 336 Å². The van der Waals surface area contributed by atoms with Crippen molar-refractivity contribution in [1.82, 2.24) is 20.6 Å². The number of nitrogens with zero attached hydrogens (tertiary/aromatic N) is 2. The van der Waals surface area contributed by atoms with Gasteiger partial charge in [0.25, 0.3) is 11.8 Å². The van der Waals surface area contributed by atoms with Crippen molar-refractivity contribution in [3.8, 4) is 22.5 Å². The molecule has 0 fully saturated rings. The lowest BCUT2D eigenvalue weighted by atomic mass is 9.98. The van der Waals surface area contributed by atoms with Gasteiger partial charge in [-0.05, 0) is 110 Å². The molecule has 6 aromatic rings. The molecule has 58 heavy (non-hydrogen) atoms. The SMILES string of the molecule is Cc1ccc(F)cc1-c1cccc(C(=O)N[C@@H](CC(=O)O)c2ccccc2C)n1.Cc1ccccc1[C@H](CC(=O)O)NC(=O)c1cccc(-c2cccc(C)c2C)n1. The number of carboxylic acids is 2. The van der Waals surface area contributed by atoms with Gasteiger partial charge in [0, 0.05) is 11.1 Å². The molecule has 0 saturated heterocycles. The molecule has 2 amide bonds. The van der Waals surface area contributed by atoms with Crippen molar-refractivity contribution in [1.29, 1.82) is 0 Å². The van der Waals surface area contributed by atoms with E-state index in [4.69, 9.17) is 0 Å². The van der Waals surface area contributed by atoms with E-state index in [2.05, 4.69) is 20.6 Å². The van der Waals surface area contributed by atoms with Crippen molar-refractivity contribution in [2.24, 2.45) is 0 Å². The first kappa shape index (κ1) is 42.1. The highest BCUT2D eigenvalue weighted by atomic mass is 19.1. The van der Waals surface area contributed by atoms with Crippen molar-refractivity contribution in [2.75, 3.05) is 0 Å². The molecule has 296 valence electrons. The van der Waals surface area contributed by atoms with Crippen LogP contribution in [0, 0.1) is 40.4 Å². The van der Waals surface area contributed by atoms with Crippen LogP contribution in [0.15, 0.2) is 121 Å². The Hall–Kier alpha value is -7.01. The van der Waals surface area contributed by atoms with E-state index in [1.807, 2.05) is 95.3 Å². The fourth-order valence-electron chi connectivity index (χ4n) is 6.57. The molecule has 10 nitrogen and oxygen atoms in total. The Kier molecular flexibility index (Phi) is 14.0. The molecule has 0 aliphatic carbocycles. The van der Waals surface area contributed by atoms with Gasteiger partial charge in [-0.2, -0.15) is 0 Å². The van der Waals surface area contributed by atoms with Crippen LogP contribution in [0.2, 0.25) is 0 Å². The topological polar surface area (TPSA) is 159 Å². The number of benzene rings is 4. The maximum Gasteiger partial charge on any atom is 0.305 e. The van der Waals surface area contributed by atoms with E-state index in [1.165, 1.54) is 12.1 Å². The molecule has 11 heteroatoms. The number of aromatic nitrogens is 2. The molecule has 6 rings (SSSR count). The maximum absolute atomic E-state index is 13.6. The molecule has 0 unspecified atom stereocenters. The molecule has 0 radical (unpaired) electrons. The van der Waals surface area contributed by atoms with Gasteiger partial charge in [0.2, 0.25) is 0 Å². The van der Waals surface area contributed by atoms with E-state index in [-0.39, 0.29) is 30.0 Å². The van der Waals surface area contributed by atoms with E-state index in [1.54, 1.807) is 48.5 Å². The van der Waals surface area contributed by atoms with Crippen molar-refractivity contribution < 1.29 is 33.8 Å². The van der Waals surface area contributed by atoms with Gasteiger partial charge in [-0.1, -0.05) is 84.9 Å².